The summed E-state index contributed by atoms with van der Waals surface area (Å²) in [7, 11) is 0. The zero-order chi connectivity index (χ0) is 12.8. The summed E-state index contributed by atoms with van der Waals surface area (Å²) in [5.74, 6) is 5.96. The third-order valence-electron chi connectivity index (χ3n) is 2.49. The van der Waals surface area contributed by atoms with Gasteiger partial charge < -0.3 is 5.11 Å². The van der Waals surface area contributed by atoms with Crippen LogP contribution in [0.5, 0.6) is 5.75 Å². The zero-order valence-electron chi connectivity index (χ0n) is 9.72. The van der Waals surface area contributed by atoms with Gasteiger partial charge in [-0.25, -0.2) is 0 Å². The monoisotopic (exact) mass is 233 g/mol. The molecule has 0 fully saturated rings. The normalized spacial score (nSPS) is 9.06. The average molecular weight is 233 g/mol. The van der Waals surface area contributed by atoms with E-state index < -0.39 is 0 Å². The number of benzene rings is 2. The van der Waals surface area contributed by atoms with Crippen molar-refractivity contribution < 1.29 is 5.11 Å². The van der Waals surface area contributed by atoms with Crippen molar-refractivity contribution in [3.05, 3.63) is 54.1 Å². The zero-order valence-corrected chi connectivity index (χ0v) is 9.72. The Kier molecular flexibility index (Phi) is 3.64. The van der Waals surface area contributed by atoms with Crippen molar-refractivity contribution in [3.8, 4) is 34.8 Å². The predicted molar refractivity (Wildman–Crippen MR) is 70.7 cm³/mol. The fourth-order valence-corrected chi connectivity index (χ4v) is 1.59. The highest BCUT2D eigenvalue weighted by molar-refractivity contribution is 5.65. The molecule has 0 saturated carbocycles. The second-order valence-electron chi connectivity index (χ2n) is 3.76. The first-order chi connectivity index (χ1) is 8.79. The van der Waals surface area contributed by atoms with Crippen LogP contribution in [-0.2, 0) is 0 Å². The second kappa shape index (κ2) is 5.57. The lowest BCUT2D eigenvalue weighted by atomic mass is 10.0. The van der Waals surface area contributed by atoms with Gasteiger partial charge in [0.2, 0.25) is 0 Å². The minimum Gasteiger partial charge on any atom is -0.508 e. The number of rotatable bonds is 1. The molecule has 0 aliphatic heterocycles. The van der Waals surface area contributed by atoms with Crippen LogP contribution in [0.3, 0.4) is 0 Å². The Balaban J connectivity index is 2.21. The highest BCUT2D eigenvalue weighted by Gasteiger charge is 1.97. The van der Waals surface area contributed by atoms with Gasteiger partial charge in [-0.2, -0.15) is 5.26 Å². The smallest absolute Gasteiger partial charge is 0.115 e. The van der Waals surface area contributed by atoms with Crippen LogP contribution in [0.15, 0.2) is 48.5 Å². The Morgan fingerprint density at radius 1 is 0.889 bits per heavy atom. The Labute approximate surface area is 106 Å². The summed E-state index contributed by atoms with van der Waals surface area (Å²) in [5, 5.41) is 17.6. The van der Waals surface area contributed by atoms with Crippen LogP contribution in [0.25, 0.3) is 11.1 Å². The molecule has 0 spiro atoms. The second-order valence-corrected chi connectivity index (χ2v) is 3.76. The van der Waals surface area contributed by atoms with Gasteiger partial charge in [0.1, 0.15) is 5.75 Å². The topological polar surface area (TPSA) is 44.0 Å². The Morgan fingerprint density at radius 2 is 1.44 bits per heavy atom. The van der Waals surface area contributed by atoms with Gasteiger partial charge in [0, 0.05) is 5.56 Å². The standard InChI is InChI=1S/C16H11NO/c17-12-2-1-3-13-4-6-14(7-5-13)15-8-10-16(18)11-9-15/h4-11,18H,2H2. The molecule has 2 rings (SSSR count). The van der Waals surface area contributed by atoms with Crippen LogP contribution < -0.4 is 0 Å². The number of nitrogens with zero attached hydrogens (tertiary/aromatic N) is 1. The van der Waals surface area contributed by atoms with E-state index in [0.29, 0.717) is 0 Å². The summed E-state index contributed by atoms with van der Waals surface area (Å²) in [6.07, 6.45) is 0.250. The fourth-order valence-electron chi connectivity index (χ4n) is 1.59. The van der Waals surface area contributed by atoms with Crippen LogP contribution in [0.2, 0.25) is 0 Å². The number of hydrogen-bond donors (Lipinski definition) is 1. The van der Waals surface area contributed by atoms with Crippen molar-refractivity contribution in [1.29, 1.82) is 5.26 Å². The molecule has 2 aromatic carbocycles. The summed E-state index contributed by atoms with van der Waals surface area (Å²) < 4.78 is 0. The highest BCUT2D eigenvalue weighted by Crippen LogP contribution is 2.21. The minimum absolute atomic E-state index is 0.250. The molecule has 0 radical (unpaired) electrons. The van der Waals surface area contributed by atoms with Gasteiger partial charge >= 0.3 is 0 Å². The lowest BCUT2D eigenvalue weighted by molar-refractivity contribution is 0.475. The van der Waals surface area contributed by atoms with Crippen LogP contribution in [0.1, 0.15) is 12.0 Å². The first-order valence-corrected chi connectivity index (χ1v) is 5.55. The summed E-state index contributed by atoms with van der Waals surface area (Å²) in [4.78, 5) is 0. The Bertz CT molecular complexity index is 622. The number of phenolic OH excluding ortho intramolecular Hbond substituents is 1. The van der Waals surface area contributed by atoms with Gasteiger partial charge in [0.25, 0.3) is 0 Å². The molecule has 0 saturated heterocycles. The van der Waals surface area contributed by atoms with E-state index in [1.807, 2.05) is 42.5 Å². The molecule has 2 nitrogen and oxygen atoms in total. The molecule has 1 N–H and O–H groups in total. The molecular weight excluding hydrogens is 222 g/mol. The maximum Gasteiger partial charge on any atom is 0.115 e. The first-order valence-electron chi connectivity index (χ1n) is 5.55. The summed E-state index contributed by atoms with van der Waals surface area (Å²) >= 11 is 0. The van der Waals surface area contributed by atoms with E-state index in [1.165, 1.54) is 0 Å². The molecule has 2 heteroatoms. The molecule has 0 amide bonds. The van der Waals surface area contributed by atoms with Gasteiger partial charge in [0.05, 0.1) is 12.5 Å². The first kappa shape index (κ1) is 11.8. The SMILES string of the molecule is N#CCC#Cc1ccc(-c2ccc(O)cc2)cc1. The Hall–Kier alpha value is -2.71. The quantitative estimate of drug-likeness (QED) is 0.768. The largest absolute Gasteiger partial charge is 0.508 e. The van der Waals surface area contributed by atoms with E-state index in [2.05, 4.69) is 11.8 Å². The van der Waals surface area contributed by atoms with Crippen molar-refractivity contribution in [3.63, 3.8) is 0 Å². The minimum atomic E-state index is 0.250. The lowest BCUT2D eigenvalue weighted by Crippen LogP contribution is -1.79. The third-order valence-corrected chi connectivity index (χ3v) is 2.49. The van der Waals surface area contributed by atoms with Crippen molar-refractivity contribution in [2.24, 2.45) is 0 Å². The molecule has 0 atom stereocenters. The molecule has 0 aromatic heterocycles. The number of aromatic hydroxyl groups is 1. The molecule has 2 aromatic rings. The molecule has 0 aliphatic rings. The van der Waals surface area contributed by atoms with E-state index in [-0.39, 0.29) is 12.2 Å². The fraction of sp³-hybridized carbons (Fsp3) is 0.0625. The highest BCUT2D eigenvalue weighted by atomic mass is 16.3. The summed E-state index contributed by atoms with van der Waals surface area (Å²) in [6, 6.07) is 16.8. The van der Waals surface area contributed by atoms with E-state index in [1.54, 1.807) is 12.1 Å². The third kappa shape index (κ3) is 2.90. The molecule has 0 aliphatic carbocycles. The number of nitriles is 1. The Morgan fingerprint density at radius 3 is 2.00 bits per heavy atom. The van der Waals surface area contributed by atoms with Crippen molar-refractivity contribution in [2.75, 3.05) is 0 Å². The van der Waals surface area contributed by atoms with E-state index in [9.17, 15) is 5.11 Å². The summed E-state index contributed by atoms with van der Waals surface area (Å²) in [6.45, 7) is 0. The van der Waals surface area contributed by atoms with Gasteiger partial charge in [-0.1, -0.05) is 36.1 Å². The molecule has 86 valence electrons. The maximum atomic E-state index is 9.22. The maximum absolute atomic E-state index is 9.22. The number of hydrogen-bond acceptors (Lipinski definition) is 2. The molecule has 0 unspecified atom stereocenters. The summed E-state index contributed by atoms with van der Waals surface area (Å²) in [5.41, 5.74) is 3.01. The lowest BCUT2D eigenvalue weighted by Gasteiger charge is -2.01. The van der Waals surface area contributed by atoms with Gasteiger partial charge in [-0.3, -0.25) is 0 Å². The van der Waals surface area contributed by atoms with Crippen molar-refractivity contribution in [1.82, 2.24) is 0 Å². The van der Waals surface area contributed by atoms with Crippen LogP contribution in [0, 0.1) is 23.2 Å². The predicted octanol–water partition coefficient (Wildman–Crippen LogP) is 3.32. The molecule has 0 heterocycles. The van der Waals surface area contributed by atoms with Gasteiger partial charge in [0.15, 0.2) is 0 Å². The van der Waals surface area contributed by atoms with E-state index in [0.717, 1.165) is 16.7 Å². The van der Waals surface area contributed by atoms with Crippen molar-refractivity contribution >= 4 is 0 Å². The van der Waals surface area contributed by atoms with Gasteiger partial charge in [-0.05, 0) is 35.4 Å². The molecular formula is C16H11NO. The van der Waals surface area contributed by atoms with E-state index >= 15 is 0 Å². The van der Waals surface area contributed by atoms with Crippen LogP contribution in [0.4, 0.5) is 0 Å². The van der Waals surface area contributed by atoms with Crippen LogP contribution >= 0.6 is 0 Å². The average Bonchev–Trinajstić information content (AvgIpc) is 2.41. The van der Waals surface area contributed by atoms with Crippen LogP contribution in [-0.4, -0.2) is 5.11 Å². The molecule has 18 heavy (non-hydrogen) atoms. The van der Waals surface area contributed by atoms with Gasteiger partial charge in [-0.15, -0.1) is 0 Å². The number of phenols is 1. The molecule has 0 bridgehead atoms. The van der Waals surface area contributed by atoms with Crippen molar-refractivity contribution in [2.45, 2.75) is 6.42 Å². The van der Waals surface area contributed by atoms with E-state index in [4.69, 9.17) is 5.26 Å².